The molecule has 0 radical (unpaired) electrons. The average Bonchev–Trinajstić information content (AvgIpc) is 2.29. The van der Waals surface area contributed by atoms with Gasteiger partial charge < -0.3 is 16.6 Å². The van der Waals surface area contributed by atoms with E-state index in [0.29, 0.717) is 5.84 Å². The first-order chi connectivity index (χ1) is 8.09. The van der Waals surface area contributed by atoms with Gasteiger partial charge in [-0.1, -0.05) is 12.1 Å². The van der Waals surface area contributed by atoms with Gasteiger partial charge in [-0.3, -0.25) is 4.99 Å². The van der Waals surface area contributed by atoms with Crippen LogP contribution in [0.4, 0.5) is 0 Å². The summed E-state index contributed by atoms with van der Waals surface area (Å²) in [7, 11) is 0. The number of nitrogens with zero attached hydrogens (tertiary/aromatic N) is 1. The summed E-state index contributed by atoms with van der Waals surface area (Å²) < 4.78 is 0. The third-order valence-electron chi connectivity index (χ3n) is 2.61. The predicted molar refractivity (Wildman–Crippen MR) is 71.0 cm³/mol. The lowest BCUT2D eigenvalue weighted by atomic mass is 10.0. The fourth-order valence-corrected chi connectivity index (χ4v) is 1.62. The molecule has 0 aliphatic carbocycles. The van der Waals surface area contributed by atoms with Crippen molar-refractivity contribution in [2.45, 2.75) is 32.2 Å². The molecule has 1 unspecified atom stereocenters. The Morgan fingerprint density at radius 1 is 1.29 bits per heavy atom. The maximum atomic E-state index is 9.17. The molecular formula is C13H21N3O. The molecule has 17 heavy (non-hydrogen) atoms. The Hall–Kier alpha value is -1.55. The Balaban J connectivity index is 2.27. The van der Waals surface area contributed by atoms with Crippen LogP contribution in [0, 0.1) is 0 Å². The Morgan fingerprint density at radius 3 is 2.53 bits per heavy atom. The van der Waals surface area contributed by atoms with Gasteiger partial charge in [-0.25, -0.2) is 0 Å². The van der Waals surface area contributed by atoms with E-state index in [1.807, 2.05) is 12.1 Å². The molecule has 0 saturated carbocycles. The maximum Gasteiger partial charge on any atom is 0.115 e. The molecule has 0 heterocycles. The Morgan fingerprint density at radius 2 is 1.94 bits per heavy atom. The van der Waals surface area contributed by atoms with Gasteiger partial charge in [-0.05, 0) is 43.9 Å². The normalized spacial score (nSPS) is 13.6. The molecule has 0 amide bonds. The number of rotatable bonds is 6. The number of phenolic OH excluding ortho intramolecular Hbond substituents is 1. The van der Waals surface area contributed by atoms with Crippen molar-refractivity contribution in [1.82, 2.24) is 0 Å². The van der Waals surface area contributed by atoms with Crippen molar-refractivity contribution in [3.05, 3.63) is 29.8 Å². The molecule has 1 aromatic rings. The van der Waals surface area contributed by atoms with Crippen LogP contribution in [0.2, 0.25) is 0 Å². The molecule has 94 valence electrons. The largest absolute Gasteiger partial charge is 0.508 e. The van der Waals surface area contributed by atoms with Crippen molar-refractivity contribution in [3.8, 4) is 5.75 Å². The third-order valence-corrected chi connectivity index (χ3v) is 2.61. The lowest BCUT2D eigenvalue weighted by molar-refractivity contribution is 0.474. The highest BCUT2D eigenvalue weighted by Crippen LogP contribution is 2.19. The summed E-state index contributed by atoms with van der Waals surface area (Å²) in [5.74, 6) is 0.904. The highest BCUT2D eigenvalue weighted by atomic mass is 16.3. The van der Waals surface area contributed by atoms with E-state index >= 15 is 0 Å². The van der Waals surface area contributed by atoms with Crippen LogP contribution >= 0.6 is 0 Å². The quantitative estimate of drug-likeness (QED) is 0.400. The Labute approximate surface area is 102 Å². The van der Waals surface area contributed by atoms with Crippen molar-refractivity contribution in [3.63, 3.8) is 0 Å². The number of aromatic hydroxyl groups is 1. The average molecular weight is 235 g/mol. The molecular weight excluding hydrogens is 214 g/mol. The number of benzene rings is 1. The van der Waals surface area contributed by atoms with Crippen LogP contribution < -0.4 is 11.5 Å². The van der Waals surface area contributed by atoms with Crippen LogP contribution in [0.5, 0.6) is 5.75 Å². The molecule has 4 heteroatoms. The van der Waals surface area contributed by atoms with Gasteiger partial charge in [0.1, 0.15) is 5.75 Å². The van der Waals surface area contributed by atoms with Gasteiger partial charge >= 0.3 is 0 Å². The van der Waals surface area contributed by atoms with Crippen LogP contribution in [0.15, 0.2) is 29.3 Å². The zero-order valence-corrected chi connectivity index (χ0v) is 10.3. The minimum absolute atomic E-state index is 0.0264. The molecule has 1 rings (SSSR count). The first-order valence-electron chi connectivity index (χ1n) is 5.90. The van der Waals surface area contributed by atoms with Crippen molar-refractivity contribution < 1.29 is 5.11 Å². The fourth-order valence-electron chi connectivity index (χ4n) is 1.62. The van der Waals surface area contributed by atoms with E-state index in [-0.39, 0.29) is 11.8 Å². The van der Waals surface area contributed by atoms with Gasteiger partial charge in [0.05, 0.1) is 5.84 Å². The Kier molecular flexibility index (Phi) is 5.49. The summed E-state index contributed by atoms with van der Waals surface area (Å²) >= 11 is 0. The monoisotopic (exact) mass is 235 g/mol. The Bertz CT molecular complexity index is 355. The van der Waals surface area contributed by atoms with E-state index in [9.17, 15) is 0 Å². The predicted octanol–water partition coefficient (Wildman–Crippen LogP) is 1.94. The van der Waals surface area contributed by atoms with Crippen LogP contribution in [-0.4, -0.2) is 17.5 Å². The second kappa shape index (κ2) is 6.91. The van der Waals surface area contributed by atoms with Crippen LogP contribution in [0.3, 0.4) is 0 Å². The van der Waals surface area contributed by atoms with Crippen molar-refractivity contribution >= 4 is 5.84 Å². The van der Waals surface area contributed by atoms with E-state index in [1.165, 1.54) is 0 Å². The summed E-state index contributed by atoms with van der Waals surface area (Å²) in [6.07, 6.45) is 2.95. The van der Waals surface area contributed by atoms with E-state index in [1.54, 1.807) is 19.1 Å². The maximum absolute atomic E-state index is 9.17. The summed E-state index contributed by atoms with van der Waals surface area (Å²) in [5, 5.41) is 9.17. The third kappa shape index (κ3) is 5.36. The number of hydrogen-bond acceptors (Lipinski definition) is 3. The van der Waals surface area contributed by atoms with Crippen molar-refractivity contribution in [2.75, 3.05) is 6.54 Å². The van der Waals surface area contributed by atoms with Gasteiger partial charge in [0, 0.05) is 12.6 Å². The number of hydrogen-bond donors (Lipinski definition) is 3. The molecule has 0 bridgehead atoms. The molecule has 0 aliphatic heterocycles. The molecule has 4 nitrogen and oxygen atoms in total. The second-order valence-corrected chi connectivity index (χ2v) is 4.22. The summed E-state index contributed by atoms with van der Waals surface area (Å²) in [6, 6.07) is 7.08. The topological polar surface area (TPSA) is 84.6 Å². The standard InChI is InChI=1S/C13H21N3O/c1-10(14)16-9-3-2-4-13(15)11-5-7-12(17)8-6-11/h5-8,13,17H,2-4,9,15H2,1H3,(H2,14,16). The first-order valence-corrected chi connectivity index (χ1v) is 5.90. The smallest absolute Gasteiger partial charge is 0.115 e. The lowest BCUT2D eigenvalue weighted by Gasteiger charge is -2.11. The molecule has 0 saturated heterocycles. The SMILES string of the molecule is CC(N)=NCCCCC(N)c1ccc(O)cc1. The molecule has 0 aromatic heterocycles. The van der Waals surface area contributed by atoms with Gasteiger partial charge in [0.15, 0.2) is 0 Å². The summed E-state index contributed by atoms with van der Waals surface area (Å²) in [4.78, 5) is 4.13. The first kappa shape index (κ1) is 13.5. The highest BCUT2D eigenvalue weighted by molar-refractivity contribution is 5.77. The minimum Gasteiger partial charge on any atom is -0.508 e. The zero-order valence-electron chi connectivity index (χ0n) is 10.3. The van der Waals surface area contributed by atoms with Crippen LogP contribution in [0.25, 0.3) is 0 Å². The number of aliphatic imine (C=N–C) groups is 1. The molecule has 1 atom stereocenters. The van der Waals surface area contributed by atoms with Crippen molar-refractivity contribution in [1.29, 1.82) is 0 Å². The number of nitrogens with two attached hydrogens (primary N) is 2. The molecule has 5 N–H and O–H groups in total. The summed E-state index contributed by atoms with van der Waals surface area (Å²) in [5.41, 5.74) is 12.5. The van der Waals surface area contributed by atoms with Gasteiger partial charge in [-0.2, -0.15) is 0 Å². The van der Waals surface area contributed by atoms with E-state index in [0.717, 1.165) is 31.4 Å². The molecule has 0 fully saturated rings. The highest BCUT2D eigenvalue weighted by Gasteiger charge is 2.05. The van der Waals surface area contributed by atoms with Crippen LogP contribution in [-0.2, 0) is 0 Å². The molecule has 1 aromatic carbocycles. The van der Waals surface area contributed by atoms with E-state index in [2.05, 4.69) is 4.99 Å². The molecule has 0 aliphatic rings. The van der Waals surface area contributed by atoms with Gasteiger partial charge in [0.2, 0.25) is 0 Å². The van der Waals surface area contributed by atoms with Crippen molar-refractivity contribution in [2.24, 2.45) is 16.5 Å². The molecule has 0 spiro atoms. The van der Waals surface area contributed by atoms with Crippen LogP contribution in [0.1, 0.15) is 37.8 Å². The minimum atomic E-state index is 0.0264. The lowest BCUT2D eigenvalue weighted by Crippen LogP contribution is -2.10. The zero-order chi connectivity index (χ0) is 12.7. The van der Waals surface area contributed by atoms with E-state index in [4.69, 9.17) is 16.6 Å². The number of phenols is 1. The summed E-state index contributed by atoms with van der Waals surface area (Å²) in [6.45, 7) is 2.56. The van der Waals surface area contributed by atoms with E-state index < -0.39 is 0 Å². The number of amidine groups is 1. The fraction of sp³-hybridized carbons (Fsp3) is 0.462. The van der Waals surface area contributed by atoms with Gasteiger partial charge in [-0.15, -0.1) is 0 Å². The van der Waals surface area contributed by atoms with Gasteiger partial charge in [0.25, 0.3) is 0 Å². The number of unbranched alkanes of at least 4 members (excludes halogenated alkanes) is 1. The second-order valence-electron chi connectivity index (χ2n) is 4.22.